The zero-order valence-electron chi connectivity index (χ0n) is 18.3. The lowest BCUT2D eigenvalue weighted by molar-refractivity contribution is -0.141. The van der Waals surface area contributed by atoms with E-state index in [9.17, 15) is 22.4 Å². The zero-order chi connectivity index (χ0) is 23.5. The average Bonchev–Trinajstić information content (AvgIpc) is 2.73. The van der Waals surface area contributed by atoms with Gasteiger partial charge in [-0.1, -0.05) is 19.1 Å². The van der Waals surface area contributed by atoms with Crippen LogP contribution >= 0.6 is 0 Å². The van der Waals surface area contributed by atoms with E-state index in [4.69, 9.17) is 4.74 Å². The molecule has 0 radical (unpaired) electrons. The number of amides is 1. The molecule has 172 valence electrons. The van der Waals surface area contributed by atoms with Crippen molar-refractivity contribution >= 4 is 27.6 Å². The topological polar surface area (TPSA) is 92.8 Å². The van der Waals surface area contributed by atoms with Crippen molar-refractivity contribution < 1.29 is 27.1 Å². The summed E-state index contributed by atoms with van der Waals surface area (Å²) in [6, 6.07) is 9.29. The van der Waals surface area contributed by atoms with Crippen molar-refractivity contribution in [3.05, 3.63) is 59.4 Å². The third-order valence-corrected chi connectivity index (χ3v) is 7.07. The molecule has 1 aliphatic rings. The summed E-state index contributed by atoms with van der Waals surface area (Å²) in [6.45, 7) is 6.36. The average molecular weight is 463 g/mol. The van der Waals surface area contributed by atoms with Gasteiger partial charge >= 0.3 is 5.97 Å². The predicted molar refractivity (Wildman–Crippen MR) is 118 cm³/mol. The van der Waals surface area contributed by atoms with Gasteiger partial charge < -0.3 is 9.64 Å². The zero-order valence-corrected chi connectivity index (χ0v) is 19.1. The fourth-order valence-corrected chi connectivity index (χ4v) is 4.93. The van der Waals surface area contributed by atoms with Gasteiger partial charge in [0, 0.05) is 13.1 Å². The number of carbonyl (C=O) groups is 2. The van der Waals surface area contributed by atoms with Crippen molar-refractivity contribution in [3.63, 3.8) is 0 Å². The van der Waals surface area contributed by atoms with Gasteiger partial charge in [0.15, 0.2) is 6.10 Å². The first-order chi connectivity index (χ1) is 15.1. The summed E-state index contributed by atoms with van der Waals surface area (Å²) in [5.74, 6) is -1.08. The van der Waals surface area contributed by atoms with Crippen LogP contribution in [0.25, 0.3) is 0 Å². The third kappa shape index (κ3) is 5.45. The van der Waals surface area contributed by atoms with E-state index in [1.54, 1.807) is 17.0 Å². The molecule has 0 spiro atoms. The molecule has 1 heterocycles. The van der Waals surface area contributed by atoms with Gasteiger partial charge in [-0.05, 0) is 68.5 Å². The third-order valence-electron chi connectivity index (χ3n) is 5.54. The van der Waals surface area contributed by atoms with Crippen molar-refractivity contribution in [1.29, 1.82) is 0 Å². The normalized spacial score (nSPS) is 15.8. The van der Waals surface area contributed by atoms with Gasteiger partial charge in [0.05, 0.1) is 16.1 Å². The van der Waals surface area contributed by atoms with Gasteiger partial charge in [-0.25, -0.2) is 17.6 Å². The quantitative estimate of drug-likeness (QED) is 0.660. The number of para-hydroxylation sites is 1. The molecular formula is C23H27FN2O5S. The summed E-state index contributed by atoms with van der Waals surface area (Å²) in [5, 5.41) is 0. The molecule has 0 bridgehead atoms. The van der Waals surface area contributed by atoms with Crippen LogP contribution in [-0.4, -0.2) is 44.4 Å². The number of carbonyl (C=O) groups excluding carboxylic acids is 2. The van der Waals surface area contributed by atoms with E-state index in [0.717, 1.165) is 31.0 Å². The lowest BCUT2D eigenvalue weighted by atomic mass is 9.99. The monoisotopic (exact) mass is 462 g/mol. The number of hydrogen-bond acceptors (Lipinski definition) is 5. The molecular weight excluding hydrogens is 435 g/mol. The van der Waals surface area contributed by atoms with Crippen molar-refractivity contribution in [1.82, 2.24) is 4.90 Å². The van der Waals surface area contributed by atoms with E-state index in [0.29, 0.717) is 19.0 Å². The highest BCUT2D eigenvalue weighted by atomic mass is 32.2. The van der Waals surface area contributed by atoms with Crippen molar-refractivity contribution in [3.8, 4) is 0 Å². The molecule has 1 fully saturated rings. The Morgan fingerprint density at radius 1 is 1.16 bits per heavy atom. The highest BCUT2D eigenvalue weighted by molar-refractivity contribution is 7.92. The molecule has 1 N–H and O–H groups in total. The molecule has 0 aromatic heterocycles. The number of rotatable bonds is 6. The molecule has 2 aromatic carbocycles. The number of benzene rings is 2. The van der Waals surface area contributed by atoms with Gasteiger partial charge in [0.1, 0.15) is 5.82 Å². The van der Waals surface area contributed by atoms with Gasteiger partial charge in [-0.15, -0.1) is 0 Å². The maximum absolute atomic E-state index is 13.4. The maximum Gasteiger partial charge on any atom is 0.341 e. The first kappa shape index (κ1) is 23.7. The van der Waals surface area contributed by atoms with E-state index in [1.807, 2.05) is 0 Å². The van der Waals surface area contributed by atoms with Crippen LogP contribution in [0.5, 0.6) is 0 Å². The highest BCUT2D eigenvalue weighted by Crippen LogP contribution is 2.24. The predicted octanol–water partition coefficient (Wildman–Crippen LogP) is 3.74. The van der Waals surface area contributed by atoms with Crippen LogP contribution in [0.2, 0.25) is 0 Å². The standard InChI is InChI=1S/C23H27FN2O5S/c1-15-10-12-26(13-11-15)22(27)17(3)31-23(28)19-6-4-5-7-20(19)25-32(29,30)21-9-8-18(24)14-16(21)2/h4-9,14-15,17,25H,10-13H2,1-3H3/t17-/m1/s1. The van der Waals surface area contributed by atoms with Crippen LogP contribution in [-0.2, 0) is 19.6 Å². The minimum Gasteiger partial charge on any atom is -0.449 e. The molecule has 32 heavy (non-hydrogen) atoms. The summed E-state index contributed by atoms with van der Waals surface area (Å²) >= 11 is 0. The largest absolute Gasteiger partial charge is 0.449 e. The Morgan fingerprint density at radius 3 is 2.47 bits per heavy atom. The van der Waals surface area contributed by atoms with E-state index >= 15 is 0 Å². The number of nitrogens with one attached hydrogen (secondary N) is 1. The molecule has 0 unspecified atom stereocenters. The number of ether oxygens (including phenoxy) is 1. The first-order valence-electron chi connectivity index (χ1n) is 10.5. The number of aryl methyl sites for hydroxylation is 1. The van der Waals surface area contributed by atoms with Crippen LogP contribution in [0.4, 0.5) is 10.1 Å². The van der Waals surface area contributed by atoms with Crippen molar-refractivity contribution in [2.45, 2.75) is 44.6 Å². The fourth-order valence-electron chi connectivity index (χ4n) is 3.62. The van der Waals surface area contributed by atoms with Gasteiger partial charge in [-0.2, -0.15) is 0 Å². The Hall–Kier alpha value is -2.94. The molecule has 1 saturated heterocycles. The Balaban J connectivity index is 1.75. The van der Waals surface area contributed by atoms with E-state index in [2.05, 4.69) is 11.6 Å². The van der Waals surface area contributed by atoms with E-state index < -0.39 is 27.9 Å². The molecule has 1 atom stereocenters. The lowest BCUT2D eigenvalue weighted by Crippen LogP contribution is -2.44. The second kappa shape index (κ2) is 9.68. The first-order valence-corrected chi connectivity index (χ1v) is 11.9. The molecule has 7 nitrogen and oxygen atoms in total. The number of sulfonamides is 1. The molecule has 3 rings (SSSR count). The second-order valence-electron chi connectivity index (χ2n) is 8.12. The SMILES string of the molecule is Cc1cc(F)ccc1S(=O)(=O)Nc1ccccc1C(=O)O[C@H](C)C(=O)N1CCC(C)CC1. The molecule has 1 aliphatic heterocycles. The van der Waals surface area contributed by atoms with Crippen LogP contribution in [0.3, 0.4) is 0 Å². The molecule has 2 aromatic rings. The summed E-state index contributed by atoms with van der Waals surface area (Å²) < 4.78 is 46.7. The second-order valence-corrected chi connectivity index (χ2v) is 9.77. The number of likely N-dealkylation sites (tertiary alicyclic amines) is 1. The van der Waals surface area contributed by atoms with Crippen LogP contribution in [0.15, 0.2) is 47.4 Å². The van der Waals surface area contributed by atoms with Gasteiger partial charge in [0.2, 0.25) is 0 Å². The summed E-state index contributed by atoms with van der Waals surface area (Å²) in [7, 11) is -4.08. The Kier molecular flexibility index (Phi) is 7.18. The number of halogens is 1. The lowest BCUT2D eigenvalue weighted by Gasteiger charge is -2.32. The highest BCUT2D eigenvalue weighted by Gasteiger charge is 2.28. The maximum atomic E-state index is 13.4. The molecule has 0 aliphatic carbocycles. The van der Waals surface area contributed by atoms with Crippen LogP contribution in [0, 0.1) is 18.7 Å². The number of anilines is 1. The minimum atomic E-state index is -4.08. The number of nitrogens with zero attached hydrogens (tertiary/aromatic N) is 1. The Morgan fingerprint density at radius 2 is 1.81 bits per heavy atom. The number of hydrogen-bond donors (Lipinski definition) is 1. The number of esters is 1. The summed E-state index contributed by atoms with van der Waals surface area (Å²) in [4.78, 5) is 27.0. The van der Waals surface area contributed by atoms with Crippen molar-refractivity contribution in [2.24, 2.45) is 5.92 Å². The van der Waals surface area contributed by atoms with Gasteiger partial charge in [-0.3, -0.25) is 9.52 Å². The van der Waals surface area contributed by atoms with E-state index in [1.165, 1.54) is 26.0 Å². The van der Waals surface area contributed by atoms with Gasteiger partial charge in [0.25, 0.3) is 15.9 Å². The van der Waals surface area contributed by atoms with Crippen LogP contribution < -0.4 is 4.72 Å². The smallest absolute Gasteiger partial charge is 0.341 e. The molecule has 9 heteroatoms. The Labute approximate surface area is 187 Å². The molecule has 0 saturated carbocycles. The molecule has 1 amide bonds. The van der Waals surface area contributed by atoms with E-state index in [-0.39, 0.29) is 27.6 Å². The fraction of sp³-hybridized carbons (Fsp3) is 0.391. The minimum absolute atomic E-state index is 0.00710. The van der Waals surface area contributed by atoms with Crippen molar-refractivity contribution in [2.75, 3.05) is 17.8 Å². The number of piperidine rings is 1. The Bertz CT molecular complexity index is 1110. The summed E-state index contributed by atoms with van der Waals surface area (Å²) in [5.41, 5.74) is 0.211. The summed E-state index contributed by atoms with van der Waals surface area (Å²) in [6.07, 6.45) is 0.805. The van der Waals surface area contributed by atoms with Crippen LogP contribution in [0.1, 0.15) is 42.6 Å².